The van der Waals surface area contributed by atoms with Crippen molar-refractivity contribution in [1.82, 2.24) is 9.38 Å². The third kappa shape index (κ3) is 1.46. The average Bonchev–Trinajstić information content (AvgIpc) is 2.46. The number of pyridine rings is 1. The summed E-state index contributed by atoms with van der Waals surface area (Å²) < 4.78 is 3.25. The standard InChI is InChI=1S/C11H13BrN2/c1-3-5-9-11(12)14-8(2)6-4-7-10(14)13-9/h4,6-7H,3,5H2,1-2H3. The number of nitrogens with zero attached hydrogens (tertiary/aromatic N) is 2. The molecule has 0 atom stereocenters. The molecule has 0 fully saturated rings. The zero-order valence-electron chi connectivity index (χ0n) is 8.42. The molecule has 0 saturated heterocycles. The topological polar surface area (TPSA) is 17.3 Å². The van der Waals surface area contributed by atoms with E-state index in [1.807, 2.05) is 12.1 Å². The molecule has 14 heavy (non-hydrogen) atoms. The van der Waals surface area contributed by atoms with E-state index in [4.69, 9.17) is 0 Å². The van der Waals surface area contributed by atoms with Crippen LogP contribution in [-0.2, 0) is 6.42 Å². The fourth-order valence-electron chi connectivity index (χ4n) is 1.66. The van der Waals surface area contributed by atoms with Crippen molar-refractivity contribution in [2.45, 2.75) is 26.7 Å². The van der Waals surface area contributed by atoms with Crippen molar-refractivity contribution in [3.8, 4) is 0 Å². The minimum Gasteiger partial charge on any atom is -0.291 e. The number of aromatic nitrogens is 2. The Labute approximate surface area is 92.1 Å². The first kappa shape index (κ1) is 9.71. The van der Waals surface area contributed by atoms with Crippen molar-refractivity contribution in [3.05, 3.63) is 34.2 Å². The molecule has 0 N–H and O–H groups in total. The minimum atomic E-state index is 1.03. The first-order chi connectivity index (χ1) is 6.74. The first-order valence-electron chi connectivity index (χ1n) is 4.86. The molecular weight excluding hydrogens is 240 g/mol. The van der Waals surface area contributed by atoms with Crippen molar-refractivity contribution < 1.29 is 0 Å². The van der Waals surface area contributed by atoms with Crippen LogP contribution in [0.2, 0.25) is 0 Å². The van der Waals surface area contributed by atoms with E-state index in [0.717, 1.165) is 28.8 Å². The molecule has 2 nitrogen and oxygen atoms in total. The quantitative estimate of drug-likeness (QED) is 0.802. The molecule has 0 saturated carbocycles. The van der Waals surface area contributed by atoms with Crippen molar-refractivity contribution >= 4 is 21.6 Å². The Morgan fingerprint density at radius 3 is 2.86 bits per heavy atom. The van der Waals surface area contributed by atoms with E-state index in [-0.39, 0.29) is 0 Å². The van der Waals surface area contributed by atoms with Gasteiger partial charge in [0.1, 0.15) is 10.3 Å². The first-order valence-corrected chi connectivity index (χ1v) is 5.65. The van der Waals surface area contributed by atoms with Crippen LogP contribution in [0, 0.1) is 6.92 Å². The second kappa shape index (κ2) is 3.73. The lowest BCUT2D eigenvalue weighted by Gasteiger charge is -1.99. The van der Waals surface area contributed by atoms with Crippen LogP contribution in [0.1, 0.15) is 24.7 Å². The fraction of sp³-hybridized carbons (Fsp3) is 0.364. The van der Waals surface area contributed by atoms with Crippen LogP contribution in [-0.4, -0.2) is 9.38 Å². The molecule has 3 heteroatoms. The molecule has 0 spiro atoms. The monoisotopic (exact) mass is 252 g/mol. The highest BCUT2D eigenvalue weighted by atomic mass is 79.9. The number of hydrogen-bond donors (Lipinski definition) is 0. The molecule has 0 aliphatic rings. The van der Waals surface area contributed by atoms with Gasteiger partial charge in [0.15, 0.2) is 0 Å². The van der Waals surface area contributed by atoms with Gasteiger partial charge in [0.2, 0.25) is 0 Å². The van der Waals surface area contributed by atoms with Gasteiger partial charge in [0.05, 0.1) is 5.69 Å². The Hall–Kier alpha value is -0.830. The molecule has 2 rings (SSSR count). The van der Waals surface area contributed by atoms with E-state index >= 15 is 0 Å². The van der Waals surface area contributed by atoms with Crippen LogP contribution < -0.4 is 0 Å². The fourth-order valence-corrected chi connectivity index (χ4v) is 2.40. The van der Waals surface area contributed by atoms with Gasteiger partial charge >= 0.3 is 0 Å². The Bertz CT molecular complexity index is 460. The molecule has 2 aromatic rings. The van der Waals surface area contributed by atoms with E-state index in [1.165, 1.54) is 5.69 Å². The Morgan fingerprint density at radius 1 is 1.43 bits per heavy atom. The smallest absolute Gasteiger partial charge is 0.138 e. The molecule has 0 aliphatic heterocycles. The summed E-state index contributed by atoms with van der Waals surface area (Å²) in [4.78, 5) is 4.58. The predicted molar refractivity (Wildman–Crippen MR) is 61.6 cm³/mol. The molecule has 0 bridgehead atoms. The number of imidazole rings is 1. The van der Waals surface area contributed by atoms with Gasteiger partial charge in [-0.15, -0.1) is 0 Å². The van der Waals surface area contributed by atoms with Crippen LogP contribution >= 0.6 is 15.9 Å². The van der Waals surface area contributed by atoms with Gasteiger partial charge < -0.3 is 0 Å². The van der Waals surface area contributed by atoms with Crippen LogP contribution in [0.4, 0.5) is 0 Å². The average molecular weight is 253 g/mol. The van der Waals surface area contributed by atoms with Crippen LogP contribution in [0.3, 0.4) is 0 Å². The lowest BCUT2D eigenvalue weighted by atomic mass is 10.3. The Kier molecular flexibility index (Phi) is 2.59. The van der Waals surface area contributed by atoms with Crippen molar-refractivity contribution in [2.75, 3.05) is 0 Å². The number of fused-ring (bicyclic) bond motifs is 1. The van der Waals surface area contributed by atoms with Gasteiger partial charge in [0, 0.05) is 5.69 Å². The molecule has 0 radical (unpaired) electrons. The van der Waals surface area contributed by atoms with Gasteiger partial charge in [-0.25, -0.2) is 4.98 Å². The number of rotatable bonds is 2. The van der Waals surface area contributed by atoms with Gasteiger partial charge in [-0.3, -0.25) is 4.40 Å². The van der Waals surface area contributed by atoms with Gasteiger partial charge in [-0.05, 0) is 41.4 Å². The molecule has 2 aromatic heterocycles. The number of halogens is 1. The maximum Gasteiger partial charge on any atom is 0.138 e. The summed E-state index contributed by atoms with van der Waals surface area (Å²) in [6.45, 7) is 4.26. The predicted octanol–water partition coefficient (Wildman–Crippen LogP) is 3.36. The molecule has 0 amide bonds. The maximum absolute atomic E-state index is 4.58. The van der Waals surface area contributed by atoms with Gasteiger partial charge in [-0.2, -0.15) is 0 Å². The van der Waals surface area contributed by atoms with Crippen molar-refractivity contribution in [1.29, 1.82) is 0 Å². The highest BCUT2D eigenvalue weighted by Crippen LogP contribution is 2.21. The second-order valence-electron chi connectivity index (χ2n) is 3.46. The lowest BCUT2D eigenvalue weighted by Crippen LogP contribution is -1.90. The second-order valence-corrected chi connectivity index (χ2v) is 4.21. The molecule has 2 heterocycles. The van der Waals surface area contributed by atoms with Crippen LogP contribution in [0.25, 0.3) is 5.65 Å². The third-order valence-electron chi connectivity index (χ3n) is 2.34. The number of hydrogen-bond acceptors (Lipinski definition) is 1. The number of aryl methyl sites for hydroxylation is 2. The molecule has 0 aliphatic carbocycles. The summed E-state index contributed by atoms with van der Waals surface area (Å²) in [5, 5.41) is 0. The zero-order chi connectivity index (χ0) is 10.1. The zero-order valence-corrected chi connectivity index (χ0v) is 10.0. The molecule has 0 aromatic carbocycles. The van der Waals surface area contributed by atoms with E-state index in [2.05, 4.69) is 45.2 Å². The summed E-state index contributed by atoms with van der Waals surface area (Å²) in [6, 6.07) is 6.17. The van der Waals surface area contributed by atoms with E-state index in [1.54, 1.807) is 0 Å². The van der Waals surface area contributed by atoms with E-state index in [0.29, 0.717) is 0 Å². The summed E-state index contributed by atoms with van der Waals surface area (Å²) >= 11 is 3.60. The molecule has 74 valence electrons. The summed E-state index contributed by atoms with van der Waals surface area (Å²) in [6.07, 6.45) is 2.16. The highest BCUT2D eigenvalue weighted by Gasteiger charge is 2.09. The Morgan fingerprint density at radius 2 is 2.21 bits per heavy atom. The SMILES string of the molecule is CCCc1nc2cccc(C)n2c1Br. The van der Waals surface area contributed by atoms with E-state index < -0.39 is 0 Å². The van der Waals surface area contributed by atoms with Crippen molar-refractivity contribution in [3.63, 3.8) is 0 Å². The van der Waals surface area contributed by atoms with E-state index in [9.17, 15) is 0 Å². The van der Waals surface area contributed by atoms with Crippen LogP contribution in [0.5, 0.6) is 0 Å². The van der Waals surface area contributed by atoms with Gasteiger partial charge in [0.25, 0.3) is 0 Å². The normalized spacial score (nSPS) is 11.1. The summed E-state index contributed by atoms with van der Waals surface area (Å²) in [5.41, 5.74) is 3.39. The molecular formula is C11H13BrN2. The largest absolute Gasteiger partial charge is 0.291 e. The Balaban J connectivity index is 2.68. The summed E-state index contributed by atoms with van der Waals surface area (Å²) in [7, 11) is 0. The highest BCUT2D eigenvalue weighted by molar-refractivity contribution is 9.10. The van der Waals surface area contributed by atoms with Crippen molar-refractivity contribution in [2.24, 2.45) is 0 Å². The van der Waals surface area contributed by atoms with Crippen LogP contribution in [0.15, 0.2) is 22.8 Å². The third-order valence-corrected chi connectivity index (χ3v) is 3.15. The lowest BCUT2D eigenvalue weighted by molar-refractivity contribution is 0.885. The maximum atomic E-state index is 4.58. The molecule has 0 unspecified atom stereocenters. The minimum absolute atomic E-state index is 1.03. The van der Waals surface area contributed by atoms with Gasteiger partial charge in [-0.1, -0.05) is 19.4 Å². The summed E-state index contributed by atoms with van der Waals surface area (Å²) in [5.74, 6) is 0.